The van der Waals surface area contributed by atoms with Crippen LogP contribution in [0.25, 0.3) is 11.3 Å². The molecule has 5 heterocycles. The summed E-state index contributed by atoms with van der Waals surface area (Å²) in [5.74, 6) is -0.621. The summed E-state index contributed by atoms with van der Waals surface area (Å²) in [5.41, 5.74) is 3.97. The Hall–Kier alpha value is -3.78. The van der Waals surface area contributed by atoms with E-state index in [1.54, 1.807) is 10.7 Å². The third-order valence-electron chi connectivity index (χ3n) is 7.22. The maximum absolute atomic E-state index is 13.4. The molecule has 204 valence electrons. The molecule has 15 heteroatoms. The maximum Gasteiger partial charge on any atom is 0.435 e. The lowest BCUT2D eigenvalue weighted by atomic mass is 9.82. The van der Waals surface area contributed by atoms with Crippen molar-refractivity contribution in [2.24, 2.45) is 7.05 Å². The Kier molecular flexibility index (Phi) is 5.87. The molecular weight excluding hydrogens is 518 g/mol. The van der Waals surface area contributed by atoms with Crippen molar-refractivity contribution in [2.75, 3.05) is 18.8 Å². The van der Waals surface area contributed by atoms with E-state index in [9.17, 15) is 31.1 Å². The molecule has 1 spiro atoms. The molecule has 3 aromatic heterocycles. The van der Waals surface area contributed by atoms with Gasteiger partial charge in [-0.1, -0.05) is 0 Å². The lowest BCUT2D eigenvalue weighted by Gasteiger charge is -2.25. The number of fused-ring (bicyclic) bond motifs is 2. The number of pyridine rings is 1. The molecule has 0 aliphatic carbocycles. The molecule has 38 heavy (non-hydrogen) atoms. The number of amides is 2. The number of aromatic nitrogens is 5. The van der Waals surface area contributed by atoms with E-state index in [2.05, 4.69) is 20.5 Å². The second-order valence-corrected chi connectivity index (χ2v) is 9.77. The highest BCUT2D eigenvalue weighted by molar-refractivity contribution is 5.75. The number of urea groups is 1. The fourth-order valence-electron chi connectivity index (χ4n) is 5.30. The molecule has 2 amide bonds. The van der Waals surface area contributed by atoms with Gasteiger partial charge in [-0.15, -0.1) is 0 Å². The number of likely N-dealkylation sites (tertiary alicyclic amines) is 1. The third kappa shape index (κ3) is 4.43. The fourth-order valence-corrected chi connectivity index (χ4v) is 5.30. The molecule has 1 fully saturated rings. The lowest BCUT2D eigenvalue weighted by molar-refractivity contribution is -0.142. The summed E-state index contributed by atoms with van der Waals surface area (Å²) in [6, 6.07) is 1.17. The first-order valence-corrected chi connectivity index (χ1v) is 11.8. The molecule has 0 aromatic carbocycles. The molecule has 3 N–H and O–H groups in total. The number of carbonyl (C=O) groups excluding carboxylic acids is 1. The number of aryl methyl sites for hydroxylation is 2. The number of anilines is 1. The van der Waals surface area contributed by atoms with Gasteiger partial charge in [0, 0.05) is 61.3 Å². The zero-order valence-corrected chi connectivity index (χ0v) is 20.4. The van der Waals surface area contributed by atoms with Gasteiger partial charge in [0.25, 0.3) is 0 Å². The highest BCUT2D eigenvalue weighted by atomic mass is 19.4. The topological polar surface area (TPSA) is 107 Å². The number of alkyl halides is 6. The van der Waals surface area contributed by atoms with E-state index in [0.717, 1.165) is 16.4 Å². The number of halogens is 6. The Morgan fingerprint density at radius 2 is 1.82 bits per heavy atom. The van der Waals surface area contributed by atoms with Crippen molar-refractivity contribution in [1.29, 1.82) is 0 Å². The summed E-state index contributed by atoms with van der Waals surface area (Å²) in [5, 5.41) is 10.6. The number of hydrogen-bond donors (Lipinski definition) is 2. The average molecular weight is 542 g/mol. The first-order chi connectivity index (χ1) is 17.7. The van der Waals surface area contributed by atoms with Crippen LogP contribution in [0.2, 0.25) is 0 Å². The van der Waals surface area contributed by atoms with Crippen LogP contribution < -0.4 is 11.1 Å². The summed E-state index contributed by atoms with van der Waals surface area (Å²) < 4.78 is 82.7. The summed E-state index contributed by atoms with van der Waals surface area (Å²) in [7, 11) is 1.37. The van der Waals surface area contributed by atoms with Crippen LogP contribution in [0.4, 0.5) is 37.0 Å². The molecular formula is C23H24F6N8O. The Morgan fingerprint density at radius 3 is 2.50 bits per heavy atom. The van der Waals surface area contributed by atoms with Gasteiger partial charge in [0.1, 0.15) is 5.82 Å². The van der Waals surface area contributed by atoms with Crippen LogP contribution >= 0.6 is 0 Å². The highest BCUT2D eigenvalue weighted by Crippen LogP contribution is 2.44. The molecule has 5 rings (SSSR count). The van der Waals surface area contributed by atoms with Crippen molar-refractivity contribution in [3.05, 3.63) is 47.0 Å². The van der Waals surface area contributed by atoms with Crippen molar-refractivity contribution in [1.82, 2.24) is 34.8 Å². The van der Waals surface area contributed by atoms with E-state index in [4.69, 9.17) is 5.73 Å². The number of hydrogen-bond acceptors (Lipinski definition) is 5. The van der Waals surface area contributed by atoms with Gasteiger partial charge < -0.3 is 16.0 Å². The van der Waals surface area contributed by atoms with Crippen LogP contribution in [0.3, 0.4) is 0 Å². The first kappa shape index (κ1) is 25.9. The van der Waals surface area contributed by atoms with Crippen LogP contribution in [0, 0.1) is 0 Å². The predicted molar refractivity (Wildman–Crippen MR) is 123 cm³/mol. The van der Waals surface area contributed by atoms with E-state index in [-0.39, 0.29) is 11.1 Å². The molecule has 2 aliphatic rings. The largest absolute Gasteiger partial charge is 0.435 e. The minimum atomic E-state index is -4.66. The smallest absolute Gasteiger partial charge is 0.383 e. The number of nitrogens with two attached hydrogens (primary N) is 1. The molecule has 3 aromatic rings. The first-order valence-electron chi connectivity index (χ1n) is 11.8. The van der Waals surface area contributed by atoms with Crippen molar-refractivity contribution in [3.8, 4) is 11.3 Å². The predicted octanol–water partition coefficient (Wildman–Crippen LogP) is 4.12. The van der Waals surface area contributed by atoms with Gasteiger partial charge >= 0.3 is 18.4 Å². The normalized spacial score (nSPS) is 20.3. The Morgan fingerprint density at radius 1 is 1.11 bits per heavy atom. The van der Waals surface area contributed by atoms with E-state index in [0.29, 0.717) is 38.2 Å². The van der Waals surface area contributed by atoms with Gasteiger partial charge in [0.05, 0.1) is 17.3 Å². The minimum Gasteiger partial charge on any atom is -0.383 e. The SMILES string of the molecule is CC(NC(=O)N1CCC2(CCn3nc(-c4cnc(N)c(C(F)(F)F)c4)cc32)C1)c1cn(C)nc1C(F)(F)F. The van der Waals surface area contributed by atoms with Crippen molar-refractivity contribution >= 4 is 11.8 Å². The summed E-state index contributed by atoms with van der Waals surface area (Å²) in [4.78, 5) is 18.2. The molecule has 0 saturated carbocycles. The van der Waals surface area contributed by atoms with Gasteiger partial charge in [0.15, 0.2) is 5.69 Å². The molecule has 2 unspecified atom stereocenters. The van der Waals surface area contributed by atoms with Crippen molar-refractivity contribution in [3.63, 3.8) is 0 Å². The van der Waals surface area contributed by atoms with Crippen LogP contribution in [0.5, 0.6) is 0 Å². The molecule has 9 nitrogen and oxygen atoms in total. The van der Waals surface area contributed by atoms with E-state index in [1.807, 2.05) is 0 Å². The number of carbonyl (C=O) groups is 1. The lowest BCUT2D eigenvalue weighted by Crippen LogP contribution is -2.41. The van der Waals surface area contributed by atoms with Crippen LogP contribution in [-0.4, -0.2) is 48.6 Å². The molecule has 1 saturated heterocycles. The Bertz CT molecular complexity index is 1390. The second kappa shape index (κ2) is 8.63. The number of nitrogens with zero attached hydrogens (tertiary/aromatic N) is 6. The number of rotatable bonds is 3. The molecule has 2 atom stereocenters. The Labute approximate surface area is 212 Å². The fraction of sp³-hybridized carbons (Fsp3) is 0.478. The van der Waals surface area contributed by atoms with Crippen LogP contribution in [0.15, 0.2) is 24.5 Å². The Balaban J connectivity index is 1.33. The highest BCUT2D eigenvalue weighted by Gasteiger charge is 2.47. The van der Waals surface area contributed by atoms with Crippen molar-refractivity contribution < 1.29 is 31.1 Å². The van der Waals surface area contributed by atoms with Gasteiger partial charge in [-0.2, -0.15) is 36.5 Å². The monoisotopic (exact) mass is 542 g/mol. The van der Waals surface area contributed by atoms with E-state index < -0.39 is 46.9 Å². The number of nitrogens with one attached hydrogen (secondary N) is 1. The van der Waals surface area contributed by atoms with Gasteiger partial charge in [-0.05, 0) is 31.9 Å². The summed E-state index contributed by atoms with van der Waals surface area (Å²) in [6.07, 6.45) is -5.61. The quantitative estimate of drug-likeness (QED) is 0.485. The van der Waals surface area contributed by atoms with Crippen LogP contribution in [0.1, 0.15) is 48.3 Å². The molecule has 2 aliphatic heterocycles. The molecule has 0 radical (unpaired) electrons. The summed E-state index contributed by atoms with van der Waals surface area (Å²) in [6.45, 7) is 2.63. The third-order valence-corrected chi connectivity index (χ3v) is 7.22. The maximum atomic E-state index is 13.4. The van der Waals surface area contributed by atoms with E-state index in [1.165, 1.54) is 31.3 Å². The average Bonchev–Trinajstić information content (AvgIpc) is 3.58. The standard InChI is InChI=1S/C23H24F6N8O/c1-12(14-10-35(2)34-18(14)23(27,28)29)32-20(38)36-5-3-21(11-36)4-6-37-17(21)8-16(33-37)13-7-15(22(24,25)26)19(30)31-9-13/h7-10,12H,3-6,11H2,1-2H3,(H2,30,31)(H,32,38). The summed E-state index contributed by atoms with van der Waals surface area (Å²) >= 11 is 0. The molecule has 0 bridgehead atoms. The zero-order chi connectivity index (χ0) is 27.6. The van der Waals surface area contributed by atoms with Crippen molar-refractivity contribution in [2.45, 2.75) is 50.1 Å². The van der Waals surface area contributed by atoms with Crippen LogP contribution in [-0.2, 0) is 31.4 Å². The van der Waals surface area contributed by atoms with Gasteiger partial charge in [-0.25, -0.2) is 9.78 Å². The minimum absolute atomic E-state index is 0.138. The zero-order valence-electron chi connectivity index (χ0n) is 20.4. The van der Waals surface area contributed by atoms with Gasteiger partial charge in [0.2, 0.25) is 0 Å². The van der Waals surface area contributed by atoms with Gasteiger partial charge in [-0.3, -0.25) is 9.36 Å². The van der Waals surface area contributed by atoms with E-state index >= 15 is 0 Å². The second-order valence-electron chi connectivity index (χ2n) is 9.77. The number of nitrogen functional groups attached to an aromatic ring is 1.